The molecule has 0 N–H and O–H groups in total. The first-order chi connectivity index (χ1) is 10.5. The van der Waals surface area contributed by atoms with Crippen molar-refractivity contribution in [2.24, 2.45) is 7.05 Å². The Morgan fingerprint density at radius 3 is 2.18 bits per heavy atom. The SMILES string of the molecule is Cn1c(CCc2ccccc2)c(C(F)(F)F)c2ccccc21. The molecule has 0 atom stereocenters. The average molecular weight is 303 g/mol. The number of fused-ring (bicyclic) bond motifs is 1. The first kappa shape index (κ1) is 14.7. The smallest absolute Gasteiger partial charge is 0.347 e. The van der Waals surface area contributed by atoms with E-state index in [9.17, 15) is 13.2 Å². The van der Waals surface area contributed by atoms with Crippen LogP contribution in [0, 0.1) is 0 Å². The van der Waals surface area contributed by atoms with E-state index in [4.69, 9.17) is 0 Å². The lowest BCUT2D eigenvalue weighted by Crippen LogP contribution is -2.10. The molecular formula is C18H16F3N. The van der Waals surface area contributed by atoms with E-state index in [0.717, 1.165) is 5.56 Å². The van der Waals surface area contributed by atoms with Crippen LogP contribution in [0.4, 0.5) is 13.2 Å². The van der Waals surface area contributed by atoms with Gasteiger partial charge in [0, 0.05) is 23.6 Å². The van der Waals surface area contributed by atoms with Gasteiger partial charge in [-0.3, -0.25) is 0 Å². The molecule has 0 fully saturated rings. The van der Waals surface area contributed by atoms with Gasteiger partial charge in [0.25, 0.3) is 0 Å². The predicted octanol–water partition coefficient (Wildman–Crippen LogP) is 4.98. The second-order valence-corrected chi connectivity index (χ2v) is 5.38. The summed E-state index contributed by atoms with van der Waals surface area (Å²) in [5.74, 6) is 0. The summed E-state index contributed by atoms with van der Waals surface area (Å²) < 4.78 is 42.2. The molecule has 0 unspecified atom stereocenters. The van der Waals surface area contributed by atoms with Crippen LogP contribution in [0.25, 0.3) is 10.9 Å². The molecule has 3 aromatic rings. The lowest BCUT2D eigenvalue weighted by atomic mass is 10.0. The second kappa shape index (κ2) is 5.52. The van der Waals surface area contributed by atoms with Gasteiger partial charge in [0.2, 0.25) is 0 Å². The number of rotatable bonds is 3. The van der Waals surface area contributed by atoms with Crippen LogP contribution in [-0.2, 0) is 26.1 Å². The van der Waals surface area contributed by atoms with E-state index in [1.165, 1.54) is 0 Å². The van der Waals surface area contributed by atoms with Gasteiger partial charge < -0.3 is 4.57 Å². The minimum absolute atomic E-state index is 0.278. The molecule has 0 spiro atoms. The van der Waals surface area contributed by atoms with Crippen molar-refractivity contribution >= 4 is 10.9 Å². The van der Waals surface area contributed by atoms with Gasteiger partial charge in [-0.1, -0.05) is 48.5 Å². The summed E-state index contributed by atoms with van der Waals surface area (Å²) in [5, 5.41) is 0.278. The van der Waals surface area contributed by atoms with Crippen molar-refractivity contribution in [3.8, 4) is 0 Å². The maximum Gasteiger partial charge on any atom is 0.418 e. The zero-order chi connectivity index (χ0) is 15.7. The molecule has 114 valence electrons. The van der Waals surface area contributed by atoms with Crippen molar-refractivity contribution in [1.82, 2.24) is 4.57 Å². The third kappa shape index (κ3) is 2.61. The Hall–Kier alpha value is -2.23. The topological polar surface area (TPSA) is 4.93 Å². The third-order valence-electron chi connectivity index (χ3n) is 4.00. The highest BCUT2D eigenvalue weighted by Crippen LogP contribution is 2.39. The summed E-state index contributed by atoms with van der Waals surface area (Å²) in [6.45, 7) is 0. The summed E-state index contributed by atoms with van der Waals surface area (Å²) >= 11 is 0. The van der Waals surface area contributed by atoms with Crippen LogP contribution in [0.1, 0.15) is 16.8 Å². The fourth-order valence-electron chi connectivity index (χ4n) is 2.96. The molecule has 0 bridgehead atoms. The van der Waals surface area contributed by atoms with Crippen molar-refractivity contribution in [3.05, 3.63) is 71.4 Å². The predicted molar refractivity (Wildman–Crippen MR) is 81.8 cm³/mol. The number of halogens is 3. The zero-order valence-electron chi connectivity index (χ0n) is 12.2. The molecule has 3 rings (SSSR count). The number of para-hydroxylation sites is 1. The zero-order valence-corrected chi connectivity index (χ0v) is 12.2. The molecule has 1 aromatic heterocycles. The van der Waals surface area contributed by atoms with E-state index in [-0.39, 0.29) is 5.39 Å². The lowest BCUT2D eigenvalue weighted by molar-refractivity contribution is -0.137. The minimum atomic E-state index is -4.34. The Labute approximate surface area is 127 Å². The van der Waals surface area contributed by atoms with Crippen LogP contribution < -0.4 is 0 Å². The highest BCUT2D eigenvalue weighted by Gasteiger charge is 2.37. The van der Waals surface area contributed by atoms with Crippen molar-refractivity contribution in [1.29, 1.82) is 0 Å². The number of alkyl halides is 3. The molecule has 0 aliphatic rings. The Morgan fingerprint density at radius 2 is 1.50 bits per heavy atom. The van der Waals surface area contributed by atoms with Gasteiger partial charge in [-0.05, 0) is 24.5 Å². The number of aromatic nitrogens is 1. The van der Waals surface area contributed by atoms with E-state index in [0.29, 0.717) is 24.1 Å². The van der Waals surface area contributed by atoms with Crippen LogP contribution in [-0.4, -0.2) is 4.57 Å². The molecule has 0 aliphatic carbocycles. The summed E-state index contributed by atoms with van der Waals surface area (Å²) in [4.78, 5) is 0. The first-order valence-corrected chi connectivity index (χ1v) is 7.16. The summed E-state index contributed by atoms with van der Waals surface area (Å²) in [6, 6.07) is 16.3. The van der Waals surface area contributed by atoms with Gasteiger partial charge in [0.05, 0.1) is 5.56 Å². The van der Waals surface area contributed by atoms with Gasteiger partial charge in [0.1, 0.15) is 0 Å². The first-order valence-electron chi connectivity index (χ1n) is 7.16. The lowest BCUT2D eigenvalue weighted by Gasteiger charge is -2.11. The molecular weight excluding hydrogens is 287 g/mol. The number of benzene rings is 2. The van der Waals surface area contributed by atoms with Crippen LogP contribution in [0.2, 0.25) is 0 Å². The molecule has 1 heterocycles. The van der Waals surface area contributed by atoms with Crippen molar-refractivity contribution in [3.63, 3.8) is 0 Å². The molecule has 4 heteroatoms. The van der Waals surface area contributed by atoms with E-state index >= 15 is 0 Å². The Kier molecular flexibility index (Phi) is 3.69. The standard InChI is InChI=1S/C18H16F3N/c1-22-15-10-6-5-9-14(15)17(18(19,20)21)16(22)12-11-13-7-3-2-4-8-13/h2-10H,11-12H2,1H3. The minimum Gasteiger partial charge on any atom is -0.347 e. The van der Waals surface area contributed by atoms with Crippen molar-refractivity contribution in [2.75, 3.05) is 0 Å². The van der Waals surface area contributed by atoms with Gasteiger partial charge in [-0.25, -0.2) is 0 Å². The third-order valence-corrected chi connectivity index (χ3v) is 4.00. The molecule has 22 heavy (non-hydrogen) atoms. The number of nitrogens with zero attached hydrogens (tertiary/aromatic N) is 1. The average Bonchev–Trinajstić information content (AvgIpc) is 2.79. The van der Waals surface area contributed by atoms with Gasteiger partial charge >= 0.3 is 6.18 Å². The van der Waals surface area contributed by atoms with Crippen LogP contribution in [0.5, 0.6) is 0 Å². The molecule has 0 saturated carbocycles. The number of hydrogen-bond acceptors (Lipinski definition) is 0. The molecule has 0 radical (unpaired) electrons. The van der Waals surface area contributed by atoms with Gasteiger partial charge in [-0.2, -0.15) is 13.2 Å². The van der Waals surface area contributed by atoms with Crippen LogP contribution in [0.15, 0.2) is 54.6 Å². The highest BCUT2D eigenvalue weighted by molar-refractivity contribution is 5.86. The number of hydrogen-bond donors (Lipinski definition) is 0. The molecule has 2 aromatic carbocycles. The Balaban J connectivity index is 2.06. The summed E-state index contributed by atoms with van der Waals surface area (Å²) in [6.07, 6.45) is -3.38. The van der Waals surface area contributed by atoms with Crippen LogP contribution in [0.3, 0.4) is 0 Å². The fraction of sp³-hybridized carbons (Fsp3) is 0.222. The Bertz CT molecular complexity index is 785. The van der Waals surface area contributed by atoms with E-state index in [1.54, 1.807) is 35.9 Å². The maximum atomic E-state index is 13.5. The van der Waals surface area contributed by atoms with Crippen molar-refractivity contribution < 1.29 is 13.2 Å². The molecule has 0 amide bonds. The fourth-order valence-corrected chi connectivity index (χ4v) is 2.96. The molecule has 0 saturated heterocycles. The van der Waals surface area contributed by atoms with E-state index in [2.05, 4.69) is 0 Å². The quantitative estimate of drug-likeness (QED) is 0.643. The highest BCUT2D eigenvalue weighted by atomic mass is 19.4. The summed E-state index contributed by atoms with van der Waals surface area (Å²) in [5.41, 5.74) is 1.51. The van der Waals surface area contributed by atoms with E-state index in [1.807, 2.05) is 30.3 Å². The largest absolute Gasteiger partial charge is 0.418 e. The second-order valence-electron chi connectivity index (χ2n) is 5.38. The summed E-state index contributed by atoms with van der Waals surface area (Å²) in [7, 11) is 1.71. The van der Waals surface area contributed by atoms with Gasteiger partial charge in [0.15, 0.2) is 0 Å². The van der Waals surface area contributed by atoms with Gasteiger partial charge in [-0.15, -0.1) is 0 Å². The van der Waals surface area contributed by atoms with Crippen molar-refractivity contribution in [2.45, 2.75) is 19.0 Å². The maximum absolute atomic E-state index is 13.5. The van der Waals surface area contributed by atoms with E-state index < -0.39 is 11.7 Å². The normalized spacial score (nSPS) is 12.0. The van der Waals surface area contributed by atoms with Crippen LogP contribution >= 0.6 is 0 Å². The molecule has 1 nitrogen and oxygen atoms in total. The number of aryl methyl sites for hydroxylation is 2. The monoisotopic (exact) mass is 303 g/mol. The Morgan fingerprint density at radius 1 is 0.864 bits per heavy atom. The molecule has 0 aliphatic heterocycles.